The maximum Gasteiger partial charge on any atom is 0.424 e. The van der Waals surface area contributed by atoms with Gasteiger partial charge in [0.1, 0.15) is 5.01 Å². The Morgan fingerprint density at radius 1 is 1.43 bits per heavy atom. The molecule has 0 amide bonds. The van der Waals surface area contributed by atoms with E-state index in [-0.39, 0.29) is 5.01 Å². The SMILES string of the molecule is CC(C)C(O)(c1nccs1)C(F)(F)F. The molecule has 0 fully saturated rings. The van der Waals surface area contributed by atoms with E-state index in [0.717, 1.165) is 11.3 Å². The summed E-state index contributed by atoms with van der Waals surface area (Å²) in [7, 11) is 0. The molecule has 0 bridgehead atoms. The Morgan fingerprint density at radius 2 is 2.00 bits per heavy atom. The van der Waals surface area contributed by atoms with Gasteiger partial charge in [-0.25, -0.2) is 4.98 Å². The zero-order valence-corrected chi connectivity index (χ0v) is 8.49. The van der Waals surface area contributed by atoms with Crippen molar-refractivity contribution in [3.8, 4) is 0 Å². The van der Waals surface area contributed by atoms with Crippen LogP contribution in [0.15, 0.2) is 11.6 Å². The number of halogens is 3. The molecule has 80 valence electrons. The molecule has 0 aliphatic carbocycles. The van der Waals surface area contributed by atoms with Crippen molar-refractivity contribution < 1.29 is 18.3 Å². The minimum Gasteiger partial charge on any atom is -0.374 e. The Hall–Kier alpha value is -0.620. The van der Waals surface area contributed by atoms with E-state index in [1.54, 1.807) is 0 Å². The van der Waals surface area contributed by atoms with Crippen molar-refractivity contribution in [2.45, 2.75) is 25.6 Å². The zero-order valence-electron chi connectivity index (χ0n) is 7.67. The number of rotatable bonds is 2. The Bertz CT molecular complexity index is 296. The molecular formula is C8H10F3NOS. The third-order valence-corrected chi connectivity index (χ3v) is 2.92. The van der Waals surface area contributed by atoms with Crippen LogP contribution in [0.4, 0.5) is 13.2 Å². The number of hydrogen-bond acceptors (Lipinski definition) is 3. The summed E-state index contributed by atoms with van der Waals surface area (Å²) in [5.41, 5.74) is -2.83. The number of alkyl halides is 3. The second kappa shape index (κ2) is 3.51. The molecule has 0 saturated heterocycles. The quantitative estimate of drug-likeness (QED) is 0.839. The van der Waals surface area contributed by atoms with Crippen LogP contribution in [0.5, 0.6) is 0 Å². The number of nitrogens with zero attached hydrogens (tertiary/aromatic N) is 1. The molecule has 1 aromatic heterocycles. The lowest BCUT2D eigenvalue weighted by molar-refractivity contribution is -0.283. The fourth-order valence-electron chi connectivity index (χ4n) is 1.11. The van der Waals surface area contributed by atoms with Crippen molar-refractivity contribution >= 4 is 11.3 Å². The van der Waals surface area contributed by atoms with Gasteiger partial charge in [0.2, 0.25) is 5.60 Å². The third-order valence-electron chi connectivity index (χ3n) is 2.03. The minimum absolute atomic E-state index is 0.306. The number of aromatic nitrogens is 1. The van der Waals surface area contributed by atoms with Gasteiger partial charge in [-0.2, -0.15) is 13.2 Å². The lowest BCUT2D eigenvalue weighted by Gasteiger charge is -2.31. The Labute approximate surface area is 83.4 Å². The van der Waals surface area contributed by atoms with Crippen LogP contribution in [0.2, 0.25) is 0 Å². The molecule has 1 atom stereocenters. The first kappa shape index (κ1) is 11.5. The lowest BCUT2D eigenvalue weighted by atomic mass is 9.90. The highest BCUT2D eigenvalue weighted by atomic mass is 32.1. The largest absolute Gasteiger partial charge is 0.424 e. The highest BCUT2D eigenvalue weighted by molar-refractivity contribution is 7.09. The molecule has 1 rings (SSSR count). The Kier molecular flexibility index (Phi) is 2.87. The van der Waals surface area contributed by atoms with Gasteiger partial charge in [0.15, 0.2) is 0 Å². The first-order valence-corrected chi connectivity index (χ1v) is 4.87. The van der Waals surface area contributed by atoms with Gasteiger partial charge in [0, 0.05) is 11.6 Å². The van der Waals surface area contributed by atoms with Crippen molar-refractivity contribution in [1.29, 1.82) is 0 Å². The third kappa shape index (κ3) is 1.64. The molecule has 1 N–H and O–H groups in total. The van der Waals surface area contributed by atoms with Gasteiger partial charge >= 0.3 is 6.18 Å². The second-order valence-electron chi connectivity index (χ2n) is 3.26. The van der Waals surface area contributed by atoms with Crippen molar-refractivity contribution in [2.24, 2.45) is 5.92 Å². The van der Waals surface area contributed by atoms with Gasteiger partial charge < -0.3 is 5.11 Å². The molecule has 1 heterocycles. The fourth-order valence-corrected chi connectivity index (χ4v) is 2.01. The van der Waals surface area contributed by atoms with Crippen LogP contribution in [0, 0.1) is 5.92 Å². The standard InChI is InChI=1S/C8H10F3NOS/c1-5(2)7(13,8(9,10)11)6-12-3-4-14-6/h3-5,13H,1-2H3. The minimum atomic E-state index is -4.70. The van der Waals surface area contributed by atoms with Crippen molar-refractivity contribution in [3.63, 3.8) is 0 Å². The zero-order chi connectivity index (χ0) is 11.0. The van der Waals surface area contributed by atoms with E-state index < -0.39 is 17.7 Å². The van der Waals surface area contributed by atoms with Crippen LogP contribution in [0.25, 0.3) is 0 Å². The van der Waals surface area contributed by atoms with Crippen LogP contribution in [-0.2, 0) is 5.60 Å². The summed E-state index contributed by atoms with van der Waals surface area (Å²) in [4.78, 5) is 3.52. The molecule has 2 nitrogen and oxygen atoms in total. The van der Waals surface area contributed by atoms with Crippen LogP contribution in [0.3, 0.4) is 0 Å². The molecule has 14 heavy (non-hydrogen) atoms. The van der Waals surface area contributed by atoms with Crippen LogP contribution in [-0.4, -0.2) is 16.3 Å². The average Bonchev–Trinajstić information content (AvgIpc) is 2.52. The lowest BCUT2D eigenvalue weighted by Crippen LogP contribution is -2.46. The van der Waals surface area contributed by atoms with Crippen molar-refractivity contribution in [2.75, 3.05) is 0 Å². The normalized spacial score (nSPS) is 17.1. The van der Waals surface area contributed by atoms with Gasteiger partial charge in [-0.1, -0.05) is 13.8 Å². The molecule has 0 aliphatic rings. The second-order valence-corrected chi connectivity index (χ2v) is 4.15. The maximum absolute atomic E-state index is 12.6. The summed E-state index contributed by atoms with van der Waals surface area (Å²) in [5.74, 6) is -0.964. The summed E-state index contributed by atoms with van der Waals surface area (Å²) in [5, 5.41) is 10.7. The number of thiazole rings is 1. The fraction of sp³-hybridized carbons (Fsp3) is 0.625. The van der Waals surface area contributed by atoms with E-state index in [0.29, 0.717) is 0 Å². The van der Waals surface area contributed by atoms with Gasteiger partial charge in [-0.05, 0) is 5.92 Å². The topological polar surface area (TPSA) is 33.1 Å². The van der Waals surface area contributed by atoms with E-state index in [9.17, 15) is 18.3 Å². The van der Waals surface area contributed by atoms with Crippen LogP contribution >= 0.6 is 11.3 Å². The van der Waals surface area contributed by atoms with E-state index in [1.807, 2.05) is 0 Å². The summed E-state index contributed by atoms with van der Waals surface area (Å²) >= 11 is 0.804. The summed E-state index contributed by atoms with van der Waals surface area (Å²) in [6.45, 7) is 2.63. The number of hydrogen-bond donors (Lipinski definition) is 1. The molecule has 0 saturated carbocycles. The van der Waals surface area contributed by atoms with Gasteiger partial charge in [-0.15, -0.1) is 11.3 Å². The molecule has 0 aliphatic heterocycles. The number of aliphatic hydroxyl groups is 1. The van der Waals surface area contributed by atoms with E-state index >= 15 is 0 Å². The highest BCUT2D eigenvalue weighted by Crippen LogP contribution is 2.44. The Morgan fingerprint density at radius 3 is 2.29 bits per heavy atom. The molecule has 0 radical (unpaired) electrons. The average molecular weight is 225 g/mol. The maximum atomic E-state index is 12.6. The molecular weight excluding hydrogens is 215 g/mol. The van der Waals surface area contributed by atoms with E-state index in [2.05, 4.69) is 4.98 Å². The van der Waals surface area contributed by atoms with Gasteiger partial charge in [-0.3, -0.25) is 0 Å². The van der Waals surface area contributed by atoms with Crippen LogP contribution < -0.4 is 0 Å². The van der Waals surface area contributed by atoms with Gasteiger partial charge in [0.05, 0.1) is 0 Å². The smallest absolute Gasteiger partial charge is 0.374 e. The predicted molar refractivity (Wildman–Crippen MR) is 46.9 cm³/mol. The summed E-state index contributed by atoms with van der Waals surface area (Å²) < 4.78 is 37.9. The van der Waals surface area contributed by atoms with Gasteiger partial charge in [0.25, 0.3) is 0 Å². The molecule has 1 aromatic rings. The van der Waals surface area contributed by atoms with Crippen LogP contribution in [0.1, 0.15) is 18.9 Å². The molecule has 1 unspecified atom stereocenters. The summed E-state index contributed by atoms with van der Waals surface area (Å²) in [6.07, 6.45) is -3.45. The van der Waals surface area contributed by atoms with E-state index in [4.69, 9.17) is 0 Å². The molecule has 0 aromatic carbocycles. The summed E-state index contributed by atoms with van der Waals surface area (Å²) in [6, 6.07) is 0. The molecule has 0 spiro atoms. The molecule has 6 heteroatoms. The van der Waals surface area contributed by atoms with Crippen molar-refractivity contribution in [1.82, 2.24) is 4.98 Å². The monoisotopic (exact) mass is 225 g/mol. The first-order valence-electron chi connectivity index (χ1n) is 3.99. The van der Waals surface area contributed by atoms with E-state index in [1.165, 1.54) is 25.4 Å². The highest BCUT2D eigenvalue weighted by Gasteiger charge is 2.58. The Balaban J connectivity index is 3.20. The first-order chi connectivity index (χ1) is 6.30. The predicted octanol–water partition coefficient (Wildman–Crippen LogP) is 2.55. The van der Waals surface area contributed by atoms with Crippen molar-refractivity contribution in [3.05, 3.63) is 16.6 Å².